The number of halogens is 2. The summed E-state index contributed by atoms with van der Waals surface area (Å²) in [7, 11) is 0. The van der Waals surface area contributed by atoms with Gasteiger partial charge in [0.1, 0.15) is 11.6 Å². The Morgan fingerprint density at radius 1 is 1.33 bits per heavy atom. The van der Waals surface area contributed by atoms with Crippen LogP contribution in [0.15, 0.2) is 12.1 Å². The molecule has 1 aliphatic rings. The highest BCUT2D eigenvalue weighted by Gasteiger charge is 2.28. The fourth-order valence-corrected chi connectivity index (χ4v) is 2.77. The molecule has 1 aromatic carbocycles. The van der Waals surface area contributed by atoms with Crippen molar-refractivity contribution in [3.63, 3.8) is 0 Å². The zero-order valence-corrected chi connectivity index (χ0v) is 12.4. The minimum atomic E-state index is -0.466. The lowest BCUT2D eigenvalue weighted by Crippen LogP contribution is -2.32. The van der Waals surface area contributed by atoms with Crippen molar-refractivity contribution in [3.05, 3.63) is 29.3 Å². The molecule has 1 saturated carbocycles. The summed E-state index contributed by atoms with van der Waals surface area (Å²) >= 11 is 0. The number of benzene rings is 1. The topological polar surface area (TPSA) is 38.3 Å². The van der Waals surface area contributed by atoms with E-state index in [1.807, 2.05) is 0 Å². The molecule has 2 atom stereocenters. The Hall–Kier alpha value is -1.65. The Kier molecular flexibility index (Phi) is 5.15. The van der Waals surface area contributed by atoms with Crippen molar-refractivity contribution in [2.45, 2.75) is 45.6 Å². The van der Waals surface area contributed by atoms with Crippen LogP contribution in [0.25, 0.3) is 0 Å². The maximum Gasteiger partial charge on any atom is 0.308 e. The first kappa shape index (κ1) is 15.7. The van der Waals surface area contributed by atoms with Crippen molar-refractivity contribution >= 4 is 11.7 Å². The third kappa shape index (κ3) is 3.93. The SMILES string of the molecule is CCOC(=O)C1CCCC(Nc2cc(F)c(C)cc2F)C1. The molecule has 3 nitrogen and oxygen atoms in total. The van der Waals surface area contributed by atoms with Gasteiger partial charge in [0.2, 0.25) is 0 Å². The second-order valence-corrected chi connectivity index (χ2v) is 5.54. The molecule has 1 aromatic rings. The smallest absolute Gasteiger partial charge is 0.308 e. The van der Waals surface area contributed by atoms with Gasteiger partial charge in [0.05, 0.1) is 18.2 Å². The molecule has 1 N–H and O–H groups in total. The second kappa shape index (κ2) is 6.87. The minimum absolute atomic E-state index is 0.0373. The van der Waals surface area contributed by atoms with E-state index >= 15 is 0 Å². The molecule has 0 aliphatic heterocycles. The van der Waals surface area contributed by atoms with Gasteiger partial charge in [-0.3, -0.25) is 4.79 Å². The summed E-state index contributed by atoms with van der Waals surface area (Å²) in [6.07, 6.45) is 3.09. The summed E-state index contributed by atoms with van der Waals surface area (Å²) in [5.41, 5.74) is 0.443. The largest absolute Gasteiger partial charge is 0.466 e. The molecule has 2 unspecified atom stereocenters. The standard InChI is InChI=1S/C16H21F2NO2/c1-3-21-16(20)11-5-4-6-12(8-11)19-15-9-13(17)10(2)7-14(15)18/h7,9,11-12,19H,3-6,8H2,1-2H3. The zero-order valence-electron chi connectivity index (χ0n) is 12.4. The van der Waals surface area contributed by atoms with E-state index in [2.05, 4.69) is 5.32 Å². The van der Waals surface area contributed by atoms with Gasteiger partial charge in [-0.05, 0) is 44.7 Å². The van der Waals surface area contributed by atoms with E-state index in [0.717, 1.165) is 19.3 Å². The molecule has 0 saturated heterocycles. The first-order valence-corrected chi connectivity index (χ1v) is 7.40. The third-order valence-electron chi connectivity index (χ3n) is 3.90. The van der Waals surface area contributed by atoms with E-state index in [1.165, 1.54) is 19.1 Å². The molecule has 0 amide bonds. The van der Waals surface area contributed by atoms with Crippen LogP contribution in [0.2, 0.25) is 0 Å². The van der Waals surface area contributed by atoms with Gasteiger partial charge in [0.25, 0.3) is 0 Å². The first-order valence-electron chi connectivity index (χ1n) is 7.40. The fourth-order valence-electron chi connectivity index (χ4n) is 2.77. The Morgan fingerprint density at radius 3 is 2.81 bits per heavy atom. The van der Waals surface area contributed by atoms with Gasteiger partial charge < -0.3 is 10.1 Å². The molecule has 0 aromatic heterocycles. The average molecular weight is 297 g/mol. The molecule has 116 valence electrons. The molecule has 1 aliphatic carbocycles. The summed E-state index contributed by atoms with van der Waals surface area (Å²) in [5.74, 6) is -1.25. The van der Waals surface area contributed by atoms with Crippen LogP contribution in [0.3, 0.4) is 0 Å². The predicted molar refractivity (Wildman–Crippen MR) is 77.1 cm³/mol. The van der Waals surface area contributed by atoms with Gasteiger partial charge in [0.15, 0.2) is 0 Å². The molecule has 1 fully saturated rings. The maximum atomic E-state index is 13.8. The van der Waals surface area contributed by atoms with E-state index in [-0.39, 0.29) is 29.2 Å². The van der Waals surface area contributed by atoms with Gasteiger partial charge in [-0.1, -0.05) is 6.42 Å². The molecular weight excluding hydrogens is 276 g/mol. The number of esters is 1. The van der Waals surface area contributed by atoms with Crippen LogP contribution in [-0.2, 0) is 9.53 Å². The van der Waals surface area contributed by atoms with Gasteiger partial charge in [-0.25, -0.2) is 8.78 Å². The number of hydrogen-bond donors (Lipinski definition) is 1. The molecule has 2 rings (SSSR count). The van der Waals surface area contributed by atoms with Crippen molar-refractivity contribution in [3.8, 4) is 0 Å². The van der Waals surface area contributed by atoms with Gasteiger partial charge in [-0.2, -0.15) is 0 Å². The highest BCUT2D eigenvalue weighted by atomic mass is 19.1. The third-order valence-corrected chi connectivity index (χ3v) is 3.90. The molecule has 5 heteroatoms. The lowest BCUT2D eigenvalue weighted by molar-refractivity contribution is -0.149. The summed E-state index contributed by atoms with van der Waals surface area (Å²) in [4.78, 5) is 11.8. The number of rotatable bonds is 4. The van der Waals surface area contributed by atoms with E-state index in [4.69, 9.17) is 4.74 Å². The first-order chi connectivity index (χ1) is 10.0. The number of ether oxygens (including phenoxy) is 1. The fraction of sp³-hybridized carbons (Fsp3) is 0.562. The quantitative estimate of drug-likeness (QED) is 0.859. The normalized spacial score (nSPS) is 21.9. The molecule has 0 bridgehead atoms. The highest BCUT2D eigenvalue weighted by molar-refractivity contribution is 5.72. The van der Waals surface area contributed by atoms with Gasteiger partial charge in [0, 0.05) is 12.1 Å². The van der Waals surface area contributed by atoms with Crippen LogP contribution in [-0.4, -0.2) is 18.6 Å². The Labute approximate surface area is 123 Å². The van der Waals surface area contributed by atoms with Crippen molar-refractivity contribution < 1.29 is 18.3 Å². The number of aryl methyl sites for hydroxylation is 1. The summed E-state index contributed by atoms with van der Waals surface area (Å²) in [6.45, 7) is 3.67. The van der Waals surface area contributed by atoms with Crippen LogP contribution >= 0.6 is 0 Å². The van der Waals surface area contributed by atoms with Gasteiger partial charge >= 0.3 is 5.97 Å². The minimum Gasteiger partial charge on any atom is -0.466 e. The van der Waals surface area contributed by atoms with Gasteiger partial charge in [-0.15, -0.1) is 0 Å². The zero-order chi connectivity index (χ0) is 15.4. The Bertz CT molecular complexity index is 519. The van der Waals surface area contributed by atoms with E-state index < -0.39 is 11.6 Å². The van der Waals surface area contributed by atoms with E-state index in [9.17, 15) is 13.6 Å². The van der Waals surface area contributed by atoms with Crippen LogP contribution in [0.4, 0.5) is 14.5 Å². The summed E-state index contributed by atoms with van der Waals surface area (Å²) < 4.78 is 32.4. The number of carbonyl (C=O) groups excluding carboxylic acids is 1. The van der Waals surface area contributed by atoms with Crippen molar-refractivity contribution in [1.82, 2.24) is 0 Å². The van der Waals surface area contributed by atoms with E-state index in [1.54, 1.807) is 6.92 Å². The summed E-state index contributed by atoms with van der Waals surface area (Å²) in [5, 5.41) is 3.02. The summed E-state index contributed by atoms with van der Waals surface area (Å²) in [6, 6.07) is 2.33. The number of anilines is 1. The molecule has 21 heavy (non-hydrogen) atoms. The molecule has 0 spiro atoms. The number of carbonyl (C=O) groups is 1. The second-order valence-electron chi connectivity index (χ2n) is 5.54. The van der Waals surface area contributed by atoms with Crippen LogP contribution in [0.1, 0.15) is 38.2 Å². The van der Waals surface area contributed by atoms with Crippen LogP contribution < -0.4 is 5.32 Å². The van der Waals surface area contributed by atoms with Crippen molar-refractivity contribution in [2.24, 2.45) is 5.92 Å². The van der Waals surface area contributed by atoms with Crippen molar-refractivity contribution in [1.29, 1.82) is 0 Å². The van der Waals surface area contributed by atoms with Crippen molar-refractivity contribution in [2.75, 3.05) is 11.9 Å². The lowest BCUT2D eigenvalue weighted by Gasteiger charge is -2.29. The molecular formula is C16H21F2NO2. The van der Waals surface area contributed by atoms with Crippen LogP contribution in [0, 0.1) is 24.5 Å². The molecule has 0 heterocycles. The monoisotopic (exact) mass is 297 g/mol. The Balaban J connectivity index is 2.03. The van der Waals surface area contributed by atoms with Crippen LogP contribution in [0.5, 0.6) is 0 Å². The predicted octanol–water partition coefficient (Wildman–Crippen LogP) is 3.81. The number of hydrogen-bond acceptors (Lipinski definition) is 3. The van der Waals surface area contributed by atoms with E-state index in [0.29, 0.717) is 13.0 Å². The number of nitrogens with one attached hydrogen (secondary N) is 1. The lowest BCUT2D eigenvalue weighted by atomic mass is 9.85. The molecule has 0 radical (unpaired) electrons. The maximum absolute atomic E-state index is 13.8. The Morgan fingerprint density at radius 2 is 2.10 bits per heavy atom. The average Bonchev–Trinajstić information content (AvgIpc) is 2.45. The highest BCUT2D eigenvalue weighted by Crippen LogP contribution is 2.29.